The topological polar surface area (TPSA) is 131 Å². The van der Waals surface area contributed by atoms with Crippen LogP contribution in [0.3, 0.4) is 0 Å². The number of ether oxygens (including phenoxy) is 4. The first-order valence-corrected chi connectivity index (χ1v) is 12.2. The number of esters is 4. The SMILES string of the molecule is CCCCC(=O)Oc1ccc(C[C@](N)(CC(C)OC(=O)CC)C(=O)OC)cc1OC(=O)CCCC. The predicted octanol–water partition coefficient (Wildman–Crippen LogP) is 4.02. The first-order valence-electron chi connectivity index (χ1n) is 12.2. The summed E-state index contributed by atoms with van der Waals surface area (Å²) >= 11 is 0. The maximum absolute atomic E-state index is 12.6. The predicted molar refractivity (Wildman–Crippen MR) is 130 cm³/mol. The monoisotopic (exact) mass is 493 g/mol. The van der Waals surface area contributed by atoms with Gasteiger partial charge in [-0.1, -0.05) is 39.7 Å². The van der Waals surface area contributed by atoms with E-state index in [1.807, 2.05) is 13.8 Å². The Morgan fingerprint density at radius 3 is 2.00 bits per heavy atom. The molecule has 1 aromatic carbocycles. The molecular formula is C26H39NO8. The molecule has 2 N–H and O–H groups in total. The third-order valence-electron chi connectivity index (χ3n) is 5.31. The van der Waals surface area contributed by atoms with E-state index in [-0.39, 0.29) is 43.6 Å². The van der Waals surface area contributed by atoms with Crippen molar-refractivity contribution in [3.05, 3.63) is 23.8 Å². The highest BCUT2D eigenvalue weighted by atomic mass is 16.6. The van der Waals surface area contributed by atoms with Crippen molar-refractivity contribution >= 4 is 23.9 Å². The van der Waals surface area contributed by atoms with Crippen molar-refractivity contribution in [3.63, 3.8) is 0 Å². The van der Waals surface area contributed by atoms with Crippen LogP contribution in [0.2, 0.25) is 0 Å². The summed E-state index contributed by atoms with van der Waals surface area (Å²) in [6.07, 6.45) is 3.06. The van der Waals surface area contributed by atoms with Gasteiger partial charge in [-0.25, -0.2) is 0 Å². The maximum atomic E-state index is 12.6. The van der Waals surface area contributed by atoms with Crippen LogP contribution in [0.4, 0.5) is 0 Å². The summed E-state index contributed by atoms with van der Waals surface area (Å²) in [7, 11) is 1.23. The van der Waals surface area contributed by atoms with Gasteiger partial charge in [0, 0.05) is 32.1 Å². The Kier molecular flexibility index (Phi) is 13.0. The molecule has 35 heavy (non-hydrogen) atoms. The second kappa shape index (κ2) is 15.1. The minimum atomic E-state index is -1.51. The lowest BCUT2D eigenvalue weighted by atomic mass is 9.86. The molecule has 1 rings (SSSR count). The van der Waals surface area contributed by atoms with Crippen LogP contribution >= 0.6 is 0 Å². The first kappa shape index (κ1) is 30.1. The Morgan fingerprint density at radius 1 is 0.914 bits per heavy atom. The van der Waals surface area contributed by atoms with Crippen molar-refractivity contribution in [1.29, 1.82) is 0 Å². The largest absolute Gasteiger partial charge is 0.468 e. The molecule has 0 aliphatic rings. The van der Waals surface area contributed by atoms with Crippen LogP contribution in [0.1, 0.15) is 84.6 Å². The number of hydrogen-bond acceptors (Lipinski definition) is 9. The lowest BCUT2D eigenvalue weighted by Crippen LogP contribution is -2.53. The number of methoxy groups -OCH3 is 1. The lowest BCUT2D eigenvalue weighted by molar-refractivity contribution is -0.154. The summed E-state index contributed by atoms with van der Waals surface area (Å²) in [5.74, 6) is -1.77. The second-order valence-corrected chi connectivity index (χ2v) is 8.62. The van der Waals surface area contributed by atoms with Crippen LogP contribution < -0.4 is 15.2 Å². The fourth-order valence-electron chi connectivity index (χ4n) is 3.47. The molecule has 9 nitrogen and oxygen atoms in total. The van der Waals surface area contributed by atoms with Crippen molar-refractivity contribution in [2.24, 2.45) is 5.73 Å². The number of carbonyl (C=O) groups is 4. The van der Waals surface area contributed by atoms with Gasteiger partial charge in [0.2, 0.25) is 0 Å². The van der Waals surface area contributed by atoms with Crippen molar-refractivity contribution < 1.29 is 38.1 Å². The van der Waals surface area contributed by atoms with Crippen LogP contribution in [-0.4, -0.2) is 42.6 Å². The molecule has 9 heteroatoms. The minimum absolute atomic E-state index is 0.0112. The smallest absolute Gasteiger partial charge is 0.326 e. The zero-order valence-corrected chi connectivity index (χ0v) is 21.5. The minimum Gasteiger partial charge on any atom is -0.468 e. The first-order chi connectivity index (χ1) is 16.6. The molecule has 0 fully saturated rings. The highest BCUT2D eigenvalue weighted by Gasteiger charge is 2.38. The van der Waals surface area contributed by atoms with Gasteiger partial charge in [-0.3, -0.25) is 19.2 Å². The average Bonchev–Trinajstić information content (AvgIpc) is 2.82. The fourth-order valence-corrected chi connectivity index (χ4v) is 3.47. The van der Waals surface area contributed by atoms with Crippen LogP contribution in [0, 0.1) is 0 Å². The quantitative estimate of drug-likeness (QED) is 0.284. The molecule has 0 aromatic heterocycles. The van der Waals surface area contributed by atoms with Crippen molar-refractivity contribution in [1.82, 2.24) is 0 Å². The molecule has 2 atom stereocenters. The van der Waals surface area contributed by atoms with Crippen LogP contribution in [0.25, 0.3) is 0 Å². The van der Waals surface area contributed by atoms with Gasteiger partial charge >= 0.3 is 23.9 Å². The standard InChI is InChI=1S/C26H39NO8/c1-6-9-11-23(29)34-20-14-13-19(15-21(20)35-24(30)12-10-7-2)17-26(27,25(31)32-5)16-18(4)33-22(28)8-3/h13-15,18H,6-12,16-17,27H2,1-5H3/t18?,26-/m1/s1. The molecule has 1 unspecified atom stereocenters. The van der Waals surface area contributed by atoms with Crippen molar-refractivity contribution in [2.75, 3.05) is 7.11 Å². The van der Waals surface area contributed by atoms with E-state index in [0.717, 1.165) is 12.8 Å². The number of rotatable bonds is 15. The molecule has 0 saturated heterocycles. The summed E-state index contributed by atoms with van der Waals surface area (Å²) in [6.45, 7) is 7.25. The van der Waals surface area contributed by atoms with E-state index < -0.39 is 35.5 Å². The molecule has 196 valence electrons. The molecular weight excluding hydrogens is 454 g/mol. The highest BCUT2D eigenvalue weighted by Crippen LogP contribution is 2.32. The molecule has 0 heterocycles. The maximum Gasteiger partial charge on any atom is 0.326 e. The van der Waals surface area contributed by atoms with E-state index >= 15 is 0 Å². The molecule has 0 saturated carbocycles. The van der Waals surface area contributed by atoms with E-state index in [1.54, 1.807) is 19.9 Å². The molecule has 0 bridgehead atoms. The van der Waals surface area contributed by atoms with E-state index in [4.69, 9.17) is 24.7 Å². The van der Waals surface area contributed by atoms with Gasteiger partial charge in [-0.2, -0.15) is 0 Å². The number of carbonyl (C=O) groups excluding carboxylic acids is 4. The zero-order valence-electron chi connectivity index (χ0n) is 21.5. The van der Waals surface area contributed by atoms with Crippen molar-refractivity contribution in [2.45, 2.75) is 97.1 Å². The Labute approximate surface area is 207 Å². The van der Waals surface area contributed by atoms with Gasteiger partial charge in [-0.15, -0.1) is 0 Å². The fraction of sp³-hybridized carbons (Fsp3) is 0.615. The molecule has 0 spiro atoms. The van der Waals surface area contributed by atoms with E-state index in [0.29, 0.717) is 18.4 Å². The Morgan fingerprint density at radius 2 is 1.49 bits per heavy atom. The Bertz CT molecular complexity index is 869. The van der Waals surface area contributed by atoms with Gasteiger partial charge < -0.3 is 24.7 Å². The van der Waals surface area contributed by atoms with Gasteiger partial charge in [0.15, 0.2) is 11.5 Å². The number of nitrogens with two attached hydrogens (primary N) is 1. The summed E-state index contributed by atoms with van der Waals surface area (Å²) in [4.78, 5) is 48.7. The normalized spacial score (nSPS) is 13.3. The van der Waals surface area contributed by atoms with Gasteiger partial charge in [-0.05, 0) is 37.5 Å². The third-order valence-corrected chi connectivity index (χ3v) is 5.31. The molecule has 0 amide bonds. The van der Waals surface area contributed by atoms with E-state index in [1.165, 1.54) is 19.2 Å². The molecule has 0 aliphatic heterocycles. The van der Waals surface area contributed by atoms with Crippen LogP contribution in [0.5, 0.6) is 11.5 Å². The van der Waals surface area contributed by atoms with E-state index in [2.05, 4.69) is 0 Å². The highest BCUT2D eigenvalue weighted by molar-refractivity contribution is 5.81. The van der Waals surface area contributed by atoms with Crippen LogP contribution in [0.15, 0.2) is 18.2 Å². The zero-order chi connectivity index (χ0) is 26.4. The third kappa shape index (κ3) is 10.5. The number of unbranched alkanes of at least 4 members (excludes halogenated alkanes) is 2. The molecule has 0 aliphatic carbocycles. The van der Waals surface area contributed by atoms with E-state index in [9.17, 15) is 19.2 Å². The van der Waals surface area contributed by atoms with Crippen molar-refractivity contribution in [3.8, 4) is 11.5 Å². The van der Waals surface area contributed by atoms with Crippen LogP contribution in [-0.2, 0) is 35.1 Å². The van der Waals surface area contributed by atoms with Gasteiger partial charge in [0.05, 0.1) is 7.11 Å². The Balaban J connectivity index is 3.21. The summed E-state index contributed by atoms with van der Waals surface area (Å²) in [5, 5.41) is 0. The summed E-state index contributed by atoms with van der Waals surface area (Å²) in [5.41, 5.74) is 5.48. The Hall–Kier alpha value is -2.94. The second-order valence-electron chi connectivity index (χ2n) is 8.62. The number of hydrogen-bond donors (Lipinski definition) is 1. The lowest BCUT2D eigenvalue weighted by Gasteiger charge is -2.29. The van der Waals surface area contributed by atoms with Gasteiger partial charge in [0.1, 0.15) is 11.6 Å². The molecule has 1 aromatic rings. The van der Waals surface area contributed by atoms with Gasteiger partial charge in [0.25, 0.3) is 0 Å². The molecule has 0 radical (unpaired) electrons. The number of benzene rings is 1. The summed E-state index contributed by atoms with van der Waals surface area (Å²) in [6, 6.07) is 4.68. The average molecular weight is 494 g/mol. The summed E-state index contributed by atoms with van der Waals surface area (Å²) < 4.78 is 21.1.